The molecule has 132 valence electrons. The van der Waals surface area contributed by atoms with Crippen molar-refractivity contribution in [2.45, 2.75) is 24.2 Å². The van der Waals surface area contributed by atoms with E-state index in [-0.39, 0.29) is 16.1 Å². The van der Waals surface area contributed by atoms with Crippen molar-refractivity contribution in [3.63, 3.8) is 0 Å². The molecule has 24 heavy (non-hydrogen) atoms. The van der Waals surface area contributed by atoms with Gasteiger partial charge in [0.15, 0.2) is 4.90 Å². The first-order valence-corrected chi connectivity index (χ1v) is 7.56. The Labute approximate surface area is 134 Å². The van der Waals surface area contributed by atoms with Gasteiger partial charge in [-0.25, -0.2) is 0 Å². The second kappa shape index (κ2) is 6.16. The summed E-state index contributed by atoms with van der Waals surface area (Å²) in [5.41, 5.74) is 5.58. The Bertz CT molecular complexity index is 742. The van der Waals surface area contributed by atoms with Crippen LogP contribution < -0.4 is 5.73 Å². The lowest BCUT2D eigenvalue weighted by atomic mass is 10.2. The van der Waals surface area contributed by atoms with Gasteiger partial charge < -0.3 is 10.3 Å². The van der Waals surface area contributed by atoms with E-state index in [0.29, 0.717) is 4.68 Å². The number of aromatic nitrogens is 3. The minimum atomic E-state index is -4.83. The summed E-state index contributed by atoms with van der Waals surface area (Å²) in [5.74, 6) is -3.66. The van der Waals surface area contributed by atoms with E-state index in [1.165, 1.54) is 19.1 Å². The van der Waals surface area contributed by atoms with Crippen molar-refractivity contribution in [3.05, 3.63) is 29.6 Å². The topological polar surface area (TPSA) is 79.8 Å². The molecular formula is C12H10F6N4OS. The fourth-order valence-corrected chi connectivity index (χ4v) is 2.96. The van der Waals surface area contributed by atoms with Crippen molar-refractivity contribution in [1.82, 2.24) is 14.8 Å². The van der Waals surface area contributed by atoms with Crippen LogP contribution in [0.15, 0.2) is 23.1 Å². The van der Waals surface area contributed by atoms with Crippen LogP contribution in [0.2, 0.25) is 0 Å². The average molecular weight is 372 g/mol. The number of benzene rings is 1. The van der Waals surface area contributed by atoms with Gasteiger partial charge in [-0.3, -0.25) is 0 Å². The number of halogens is 6. The van der Waals surface area contributed by atoms with Crippen LogP contribution in [0.4, 0.5) is 32.3 Å². The van der Waals surface area contributed by atoms with E-state index in [4.69, 9.17) is 5.73 Å². The smallest absolute Gasteiger partial charge is 0.453 e. The molecule has 12 heteroatoms. The molecule has 0 aliphatic carbocycles. The van der Waals surface area contributed by atoms with Crippen LogP contribution in [-0.4, -0.2) is 31.2 Å². The molecule has 0 fully saturated rings. The lowest BCUT2D eigenvalue weighted by Crippen LogP contribution is -2.23. The molecular weight excluding hydrogens is 362 g/mol. The molecule has 0 radical (unpaired) electrons. The quantitative estimate of drug-likeness (QED) is 0.664. The molecule has 2 rings (SSSR count). The summed E-state index contributed by atoms with van der Waals surface area (Å²) in [4.78, 5) is 2.89. The molecule has 2 N–H and O–H groups in total. The van der Waals surface area contributed by atoms with Crippen LogP contribution >= 0.6 is 0 Å². The highest BCUT2D eigenvalue weighted by Crippen LogP contribution is 2.29. The molecule has 1 aromatic carbocycles. The molecule has 0 saturated carbocycles. The van der Waals surface area contributed by atoms with Crippen molar-refractivity contribution in [2.24, 2.45) is 0 Å². The largest absolute Gasteiger partial charge is 0.611 e. The van der Waals surface area contributed by atoms with E-state index in [9.17, 15) is 30.9 Å². The minimum Gasteiger partial charge on any atom is -0.611 e. The lowest BCUT2D eigenvalue weighted by molar-refractivity contribution is -0.144. The molecule has 0 aliphatic rings. The summed E-state index contributed by atoms with van der Waals surface area (Å²) >= 11 is -2.41. The predicted octanol–water partition coefficient (Wildman–Crippen LogP) is 2.85. The first-order valence-electron chi connectivity index (χ1n) is 6.24. The fourth-order valence-electron chi connectivity index (χ4n) is 1.83. The highest BCUT2D eigenvalue weighted by atomic mass is 32.2. The molecule has 1 unspecified atom stereocenters. The van der Waals surface area contributed by atoms with E-state index in [0.717, 1.165) is 6.07 Å². The third-order valence-corrected chi connectivity index (χ3v) is 4.36. The molecule has 1 aromatic heterocycles. The number of hydrogen-bond acceptors (Lipinski definition) is 4. The summed E-state index contributed by atoms with van der Waals surface area (Å²) in [5, 5.41) is 3.19. The van der Waals surface area contributed by atoms with Crippen molar-refractivity contribution >= 4 is 17.1 Å². The van der Waals surface area contributed by atoms with Crippen molar-refractivity contribution in [3.8, 4) is 5.69 Å². The Hall–Kier alpha value is -1.95. The maximum Gasteiger partial charge on any atom is 0.453 e. The monoisotopic (exact) mass is 372 g/mol. The Morgan fingerprint density at radius 2 is 1.83 bits per heavy atom. The third-order valence-electron chi connectivity index (χ3n) is 2.84. The maximum absolute atomic E-state index is 12.6. The summed E-state index contributed by atoms with van der Waals surface area (Å²) in [6, 6.07) is 3.64. The second-order valence-corrected chi connectivity index (χ2v) is 6.18. The number of aryl methyl sites for hydroxylation is 1. The van der Waals surface area contributed by atoms with Crippen LogP contribution in [-0.2, 0) is 17.4 Å². The Balaban J connectivity index is 2.43. The molecule has 0 saturated heterocycles. The van der Waals surface area contributed by atoms with Gasteiger partial charge in [0.25, 0.3) is 5.82 Å². The van der Waals surface area contributed by atoms with E-state index in [2.05, 4.69) is 10.1 Å². The summed E-state index contributed by atoms with van der Waals surface area (Å²) in [6.07, 6.45) is -9.48. The second-order valence-electron chi connectivity index (χ2n) is 4.76. The van der Waals surface area contributed by atoms with E-state index in [1.54, 1.807) is 0 Å². The van der Waals surface area contributed by atoms with Gasteiger partial charge in [-0.2, -0.15) is 36.0 Å². The first kappa shape index (κ1) is 18.4. The number of nitrogens with zero attached hydrogens (tertiary/aromatic N) is 3. The number of rotatable bonds is 3. The zero-order valence-corrected chi connectivity index (χ0v) is 12.8. The van der Waals surface area contributed by atoms with Crippen molar-refractivity contribution < 1.29 is 30.9 Å². The molecule has 0 amide bonds. The molecule has 1 heterocycles. The molecule has 5 nitrogen and oxygen atoms in total. The van der Waals surface area contributed by atoms with Crippen LogP contribution in [0.1, 0.15) is 11.4 Å². The number of nitrogen functional groups attached to an aromatic ring is 1. The Kier molecular flexibility index (Phi) is 4.72. The number of anilines is 1. The Morgan fingerprint density at radius 1 is 1.21 bits per heavy atom. The molecule has 0 bridgehead atoms. The lowest BCUT2D eigenvalue weighted by Gasteiger charge is -2.15. The Morgan fingerprint density at radius 3 is 2.33 bits per heavy atom. The van der Waals surface area contributed by atoms with Gasteiger partial charge >= 0.3 is 12.4 Å². The summed E-state index contributed by atoms with van der Waals surface area (Å²) in [6.45, 7) is 1.43. The number of alkyl halides is 6. The van der Waals surface area contributed by atoms with Crippen molar-refractivity contribution in [1.29, 1.82) is 0 Å². The van der Waals surface area contributed by atoms with E-state index < -0.39 is 41.1 Å². The minimum absolute atomic E-state index is 0.0772. The standard InChI is InChI=1S/C12H10F6N4OS/c1-6-2-3-7(4-8(6)24(23)5-11(13,14)15)22-10(19)20-9(21-22)12(16,17)18/h2-4H,5H2,1H3,(H2,19,20,21). The van der Waals surface area contributed by atoms with Gasteiger partial charge in [-0.1, -0.05) is 6.07 Å². The van der Waals surface area contributed by atoms with Gasteiger partial charge in [0.1, 0.15) is 0 Å². The maximum atomic E-state index is 12.6. The number of hydrogen-bond donors (Lipinski definition) is 1. The summed E-state index contributed by atoms with van der Waals surface area (Å²) in [7, 11) is 0. The van der Waals surface area contributed by atoms with Gasteiger partial charge in [-0.05, 0) is 24.2 Å². The van der Waals surface area contributed by atoms with Gasteiger partial charge in [0.05, 0.1) is 5.69 Å². The van der Waals surface area contributed by atoms with E-state index >= 15 is 0 Å². The highest BCUT2D eigenvalue weighted by Gasteiger charge is 2.38. The highest BCUT2D eigenvalue weighted by molar-refractivity contribution is 7.91. The van der Waals surface area contributed by atoms with Gasteiger partial charge in [0, 0.05) is 11.6 Å². The van der Waals surface area contributed by atoms with Gasteiger partial charge in [-0.15, -0.1) is 5.10 Å². The van der Waals surface area contributed by atoms with Gasteiger partial charge in [0.2, 0.25) is 11.7 Å². The molecule has 2 aromatic rings. The molecule has 0 spiro atoms. The van der Waals surface area contributed by atoms with Crippen LogP contribution in [0.3, 0.4) is 0 Å². The zero-order chi connectivity index (χ0) is 18.3. The van der Waals surface area contributed by atoms with Crippen molar-refractivity contribution in [2.75, 3.05) is 11.5 Å². The number of nitrogens with two attached hydrogens (primary N) is 1. The van der Waals surface area contributed by atoms with Crippen LogP contribution in [0.5, 0.6) is 0 Å². The average Bonchev–Trinajstić information content (AvgIpc) is 2.79. The first-order chi connectivity index (χ1) is 10.9. The normalized spacial score (nSPS) is 14.0. The molecule has 0 aliphatic heterocycles. The zero-order valence-electron chi connectivity index (χ0n) is 11.9. The third kappa shape index (κ3) is 4.12. The summed E-state index contributed by atoms with van der Waals surface area (Å²) < 4.78 is 87.4. The SMILES string of the molecule is Cc1ccc(-n2nc(C(F)(F)F)nc2N)cc1[S+]([O-])CC(F)(F)F. The van der Waals surface area contributed by atoms with E-state index in [1.807, 2.05) is 0 Å². The predicted molar refractivity (Wildman–Crippen MR) is 72.8 cm³/mol. The fraction of sp³-hybridized carbons (Fsp3) is 0.333. The van der Waals surface area contributed by atoms with Crippen LogP contribution in [0.25, 0.3) is 5.69 Å². The van der Waals surface area contributed by atoms with Crippen LogP contribution in [0, 0.1) is 6.92 Å². The molecule has 1 atom stereocenters.